The molecule has 3 heterocycles. The lowest BCUT2D eigenvalue weighted by atomic mass is 10.2. The Labute approximate surface area is 176 Å². The Morgan fingerprint density at radius 3 is 2.33 bits per heavy atom. The second-order valence-electron chi connectivity index (χ2n) is 7.56. The summed E-state index contributed by atoms with van der Waals surface area (Å²) in [4.78, 5) is 7.01. The molecule has 10 heteroatoms. The first-order chi connectivity index (χ1) is 14.3. The molecule has 1 aliphatic heterocycles. The maximum atomic E-state index is 13.2. The van der Waals surface area contributed by atoms with Gasteiger partial charge in [-0.25, -0.2) is 8.42 Å². The van der Waals surface area contributed by atoms with Crippen molar-refractivity contribution in [2.24, 2.45) is 7.05 Å². The van der Waals surface area contributed by atoms with Gasteiger partial charge in [0.25, 0.3) is 0 Å². The molecule has 0 aliphatic carbocycles. The number of sulfonamides is 1. The zero-order valence-corrected chi connectivity index (χ0v) is 18.4. The normalized spacial score (nSPS) is 17.3. The van der Waals surface area contributed by atoms with E-state index >= 15 is 0 Å². The predicted molar refractivity (Wildman–Crippen MR) is 111 cm³/mol. The topological polar surface area (TPSA) is 97.4 Å². The molecule has 0 saturated carbocycles. The number of hydrogen-bond acceptors (Lipinski definition) is 7. The van der Waals surface area contributed by atoms with Crippen LogP contribution in [0.3, 0.4) is 0 Å². The minimum absolute atomic E-state index is 0.0957. The van der Waals surface area contributed by atoms with Crippen LogP contribution in [0.1, 0.15) is 30.2 Å². The SMILES string of the molecule is Cc1nn(C)c(C)c1S(=O)(=O)N1CCN(C(C)c2nc(-c3ccccc3)no2)CC1. The summed E-state index contributed by atoms with van der Waals surface area (Å²) in [6.45, 7) is 7.49. The summed E-state index contributed by atoms with van der Waals surface area (Å²) in [6.07, 6.45) is 0. The fourth-order valence-electron chi connectivity index (χ4n) is 3.85. The van der Waals surface area contributed by atoms with Gasteiger partial charge in [0.1, 0.15) is 4.90 Å². The molecule has 3 aromatic rings. The van der Waals surface area contributed by atoms with Crippen molar-refractivity contribution in [1.29, 1.82) is 0 Å². The van der Waals surface area contributed by atoms with Gasteiger partial charge in [-0.05, 0) is 20.8 Å². The van der Waals surface area contributed by atoms with Gasteiger partial charge >= 0.3 is 0 Å². The third kappa shape index (κ3) is 3.66. The molecular weight excluding hydrogens is 404 g/mol. The fourth-order valence-corrected chi connectivity index (χ4v) is 5.68. The first-order valence-electron chi connectivity index (χ1n) is 9.92. The predicted octanol–water partition coefficient (Wildman–Crippen LogP) is 2.15. The quantitative estimate of drug-likeness (QED) is 0.612. The van der Waals surface area contributed by atoms with E-state index in [0.29, 0.717) is 54.2 Å². The van der Waals surface area contributed by atoms with Gasteiger partial charge in [0.05, 0.1) is 17.4 Å². The molecule has 1 aromatic carbocycles. The molecule has 0 amide bonds. The third-order valence-electron chi connectivity index (χ3n) is 5.69. The molecule has 1 atom stereocenters. The molecule has 2 aromatic heterocycles. The Morgan fingerprint density at radius 1 is 1.07 bits per heavy atom. The molecule has 1 unspecified atom stereocenters. The number of hydrogen-bond donors (Lipinski definition) is 0. The van der Waals surface area contributed by atoms with Crippen molar-refractivity contribution in [2.75, 3.05) is 26.2 Å². The first-order valence-corrected chi connectivity index (χ1v) is 11.4. The van der Waals surface area contributed by atoms with Crippen molar-refractivity contribution in [1.82, 2.24) is 29.1 Å². The highest BCUT2D eigenvalue weighted by Gasteiger charge is 2.34. The Kier molecular flexibility index (Phi) is 5.48. The molecular formula is C20H26N6O3S. The Bertz CT molecular complexity index is 1130. The molecule has 0 bridgehead atoms. The Morgan fingerprint density at radius 2 is 1.73 bits per heavy atom. The van der Waals surface area contributed by atoms with Crippen molar-refractivity contribution in [3.63, 3.8) is 0 Å². The summed E-state index contributed by atoms with van der Waals surface area (Å²) < 4.78 is 35.0. The van der Waals surface area contributed by atoms with E-state index in [9.17, 15) is 8.42 Å². The number of aromatic nitrogens is 4. The molecule has 4 rings (SSSR count). The molecule has 30 heavy (non-hydrogen) atoms. The van der Waals surface area contributed by atoms with Gasteiger partial charge < -0.3 is 4.52 Å². The minimum Gasteiger partial charge on any atom is -0.337 e. The van der Waals surface area contributed by atoms with E-state index in [4.69, 9.17) is 4.52 Å². The maximum Gasteiger partial charge on any atom is 0.246 e. The molecule has 1 fully saturated rings. The van der Waals surface area contributed by atoms with Gasteiger partial charge in [-0.2, -0.15) is 14.4 Å². The number of benzene rings is 1. The first kappa shape index (κ1) is 20.7. The highest BCUT2D eigenvalue weighted by atomic mass is 32.2. The summed E-state index contributed by atoms with van der Waals surface area (Å²) in [5.41, 5.74) is 2.09. The van der Waals surface area contributed by atoms with Crippen LogP contribution in [0.25, 0.3) is 11.4 Å². The average Bonchev–Trinajstić information content (AvgIpc) is 3.33. The van der Waals surface area contributed by atoms with Gasteiger partial charge in [0, 0.05) is 38.8 Å². The van der Waals surface area contributed by atoms with Crippen molar-refractivity contribution in [3.8, 4) is 11.4 Å². The second kappa shape index (κ2) is 7.93. The van der Waals surface area contributed by atoms with Crippen molar-refractivity contribution in [2.45, 2.75) is 31.7 Å². The smallest absolute Gasteiger partial charge is 0.246 e. The van der Waals surface area contributed by atoms with E-state index in [-0.39, 0.29) is 6.04 Å². The van der Waals surface area contributed by atoms with Crippen molar-refractivity contribution >= 4 is 10.0 Å². The largest absolute Gasteiger partial charge is 0.337 e. The molecule has 1 saturated heterocycles. The van der Waals surface area contributed by atoms with Crippen LogP contribution in [0.5, 0.6) is 0 Å². The number of rotatable bonds is 5. The maximum absolute atomic E-state index is 13.2. The third-order valence-corrected chi connectivity index (χ3v) is 7.84. The Balaban J connectivity index is 1.45. The number of piperazine rings is 1. The standard InChI is InChI=1S/C20H26N6O3S/c1-14-18(15(2)24(4)22-14)30(27,28)26-12-10-25(11-13-26)16(3)20-21-19(23-29-20)17-8-6-5-7-9-17/h5-9,16H,10-13H2,1-4H3. The van der Waals surface area contributed by atoms with Crippen molar-refractivity contribution < 1.29 is 12.9 Å². The average molecular weight is 431 g/mol. The summed E-state index contributed by atoms with van der Waals surface area (Å²) in [7, 11) is -1.82. The summed E-state index contributed by atoms with van der Waals surface area (Å²) in [5.74, 6) is 1.09. The van der Waals surface area contributed by atoms with Gasteiger partial charge in [-0.15, -0.1) is 0 Å². The molecule has 1 aliphatic rings. The molecule has 160 valence electrons. The van der Waals surface area contributed by atoms with Crippen LogP contribution in [-0.2, 0) is 17.1 Å². The highest BCUT2D eigenvalue weighted by Crippen LogP contribution is 2.27. The van der Waals surface area contributed by atoms with Gasteiger partial charge in [-0.3, -0.25) is 9.58 Å². The van der Waals surface area contributed by atoms with E-state index in [0.717, 1.165) is 5.56 Å². The summed E-state index contributed by atoms with van der Waals surface area (Å²) in [5, 5.41) is 8.34. The van der Waals surface area contributed by atoms with Gasteiger partial charge in [-0.1, -0.05) is 35.5 Å². The zero-order valence-electron chi connectivity index (χ0n) is 17.6. The van der Waals surface area contributed by atoms with Gasteiger partial charge in [0.15, 0.2) is 0 Å². The van der Waals surface area contributed by atoms with Crippen LogP contribution in [0.4, 0.5) is 0 Å². The minimum atomic E-state index is -3.58. The lowest BCUT2D eigenvalue weighted by molar-refractivity contribution is 0.124. The van der Waals surface area contributed by atoms with E-state index in [2.05, 4.69) is 20.1 Å². The summed E-state index contributed by atoms with van der Waals surface area (Å²) in [6, 6.07) is 9.58. The fraction of sp³-hybridized carbons (Fsp3) is 0.450. The van der Waals surface area contributed by atoms with Crippen LogP contribution in [0, 0.1) is 13.8 Å². The number of aryl methyl sites for hydroxylation is 2. The van der Waals surface area contributed by atoms with Crippen LogP contribution in [0.2, 0.25) is 0 Å². The lowest BCUT2D eigenvalue weighted by Crippen LogP contribution is -2.49. The molecule has 0 spiro atoms. The van der Waals surface area contributed by atoms with E-state index < -0.39 is 10.0 Å². The van der Waals surface area contributed by atoms with E-state index in [1.165, 1.54) is 4.31 Å². The van der Waals surface area contributed by atoms with Crippen LogP contribution in [-0.4, -0.2) is 63.7 Å². The summed E-state index contributed by atoms with van der Waals surface area (Å²) >= 11 is 0. The van der Waals surface area contributed by atoms with Crippen LogP contribution >= 0.6 is 0 Å². The molecule has 9 nitrogen and oxygen atoms in total. The van der Waals surface area contributed by atoms with Crippen molar-refractivity contribution in [3.05, 3.63) is 47.6 Å². The van der Waals surface area contributed by atoms with E-state index in [1.807, 2.05) is 37.3 Å². The highest BCUT2D eigenvalue weighted by molar-refractivity contribution is 7.89. The Hall–Kier alpha value is -2.56. The molecule has 0 radical (unpaired) electrons. The van der Waals surface area contributed by atoms with Gasteiger partial charge in [0.2, 0.25) is 21.7 Å². The van der Waals surface area contributed by atoms with E-state index in [1.54, 1.807) is 25.6 Å². The lowest BCUT2D eigenvalue weighted by Gasteiger charge is -2.36. The zero-order chi connectivity index (χ0) is 21.5. The van der Waals surface area contributed by atoms with Crippen LogP contribution < -0.4 is 0 Å². The number of nitrogens with zero attached hydrogens (tertiary/aromatic N) is 6. The monoisotopic (exact) mass is 430 g/mol. The molecule has 0 N–H and O–H groups in total. The van der Waals surface area contributed by atoms with Crippen LogP contribution in [0.15, 0.2) is 39.8 Å². The second-order valence-corrected chi connectivity index (χ2v) is 9.44.